The van der Waals surface area contributed by atoms with Crippen LogP contribution in [0.25, 0.3) is 22.0 Å². The van der Waals surface area contributed by atoms with Crippen LogP contribution in [0.2, 0.25) is 0 Å². The van der Waals surface area contributed by atoms with Gasteiger partial charge in [-0.25, -0.2) is 9.97 Å². The van der Waals surface area contributed by atoms with Crippen molar-refractivity contribution in [2.45, 2.75) is 33.1 Å². The van der Waals surface area contributed by atoms with Crippen LogP contribution in [0, 0.1) is 12.8 Å². The Morgan fingerprint density at radius 2 is 2.07 bits per heavy atom. The molecule has 0 bridgehead atoms. The molecule has 1 amide bonds. The summed E-state index contributed by atoms with van der Waals surface area (Å²) in [6.45, 7) is 7.14. The molecule has 152 valence electrons. The first-order valence-electron chi connectivity index (χ1n) is 10.5. The lowest BCUT2D eigenvalue weighted by Crippen LogP contribution is -2.27. The molecule has 1 aromatic carbocycles. The Morgan fingerprint density at radius 1 is 1.21 bits per heavy atom. The number of anilines is 1. The van der Waals surface area contributed by atoms with E-state index in [4.69, 9.17) is 0 Å². The fraction of sp³-hybridized carbons (Fsp3) is 0.435. The maximum atomic E-state index is 12.7. The summed E-state index contributed by atoms with van der Waals surface area (Å²) in [7, 11) is 2.02. The van der Waals surface area contributed by atoms with Gasteiger partial charge in [-0.3, -0.25) is 4.79 Å². The molecule has 1 saturated heterocycles. The number of imidazole rings is 1. The lowest BCUT2D eigenvalue weighted by Gasteiger charge is -2.15. The first kappa shape index (κ1) is 19.6. The van der Waals surface area contributed by atoms with Crippen molar-refractivity contribution >= 4 is 22.5 Å². The zero-order valence-corrected chi connectivity index (χ0v) is 17.5. The van der Waals surface area contributed by atoms with E-state index in [1.165, 1.54) is 12.8 Å². The molecule has 1 fully saturated rings. The highest BCUT2D eigenvalue weighted by molar-refractivity contribution is 5.95. The van der Waals surface area contributed by atoms with E-state index in [-0.39, 0.29) is 11.8 Å². The molecule has 6 nitrogen and oxygen atoms in total. The third kappa shape index (κ3) is 4.17. The molecule has 1 aliphatic heterocycles. The molecule has 1 atom stereocenters. The second-order valence-electron chi connectivity index (χ2n) is 8.01. The number of carbonyl (C=O) groups is 1. The Kier molecular flexibility index (Phi) is 5.62. The normalized spacial score (nSPS) is 17.1. The highest BCUT2D eigenvalue weighted by Crippen LogP contribution is 2.26. The minimum Gasteiger partial charge on any atom is -0.331 e. The van der Waals surface area contributed by atoms with Crippen LogP contribution in [0.1, 0.15) is 32.0 Å². The predicted molar refractivity (Wildman–Crippen MR) is 117 cm³/mol. The second-order valence-corrected chi connectivity index (χ2v) is 8.01. The lowest BCUT2D eigenvalue weighted by molar-refractivity contribution is -0.119. The van der Waals surface area contributed by atoms with E-state index in [9.17, 15) is 4.79 Å². The van der Waals surface area contributed by atoms with Crippen molar-refractivity contribution < 1.29 is 4.79 Å². The summed E-state index contributed by atoms with van der Waals surface area (Å²) in [5, 5.41) is 5.14. The van der Waals surface area contributed by atoms with Crippen LogP contribution in [-0.4, -0.2) is 45.0 Å². The monoisotopic (exact) mass is 391 g/mol. The third-order valence-electron chi connectivity index (χ3n) is 5.96. The summed E-state index contributed by atoms with van der Waals surface area (Å²) in [6.07, 6.45) is 7.02. The van der Waals surface area contributed by atoms with Gasteiger partial charge in [0, 0.05) is 30.7 Å². The minimum atomic E-state index is 0.0492. The van der Waals surface area contributed by atoms with Crippen LogP contribution in [0.5, 0.6) is 0 Å². The van der Waals surface area contributed by atoms with E-state index in [1.54, 1.807) is 0 Å². The van der Waals surface area contributed by atoms with E-state index < -0.39 is 0 Å². The van der Waals surface area contributed by atoms with Crippen LogP contribution in [0.4, 0.5) is 5.82 Å². The van der Waals surface area contributed by atoms with E-state index in [0.717, 1.165) is 53.9 Å². The molecule has 2 aromatic heterocycles. The number of aromatic nitrogens is 3. The summed E-state index contributed by atoms with van der Waals surface area (Å²) in [6, 6.07) is 8.24. The number of carbonyl (C=O) groups excluding carboxylic acids is 1. The fourth-order valence-corrected chi connectivity index (χ4v) is 4.00. The zero-order valence-electron chi connectivity index (χ0n) is 17.5. The molecule has 3 aromatic rings. The molecule has 0 spiro atoms. The molecule has 4 rings (SSSR count). The number of amides is 1. The number of nitrogens with one attached hydrogen (secondary N) is 1. The largest absolute Gasteiger partial charge is 0.331 e. The van der Waals surface area contributed by atoms with Crippen LogP contribution >= 0.6 is 0 Å². The number of hydrogen-bond donors (Lipinski definition) is 1. The third-order valence-corrected chi connectivity index (χ3v) is 5.96. The van der Waals surface area contributed by atoms with Crippen molar-refractivity contribution in [2.24, 2.45) is 13.0 Å². The molecule has 29 heavy (non-hydrogen) atoms. The van der Waals surface area contributed by atoms with Crippen molar-refractivity contribution in [2.75, 3.05) is 25.0 Å². The number of fused-ring (bicyclic) bond motifs is 1. The van der Waals surface area contributed by atoms with Gasteiger partial charge in [-0.2, -0.15) is 0 Å². The predicted octanol–water partition coefficient (Wildman–Crippen LogP) is 4.00. The number of aryl methyl sites for hydroxylation is 1. The number of rotatable bonds is 6. The van der Waals surface area contributed by atoms with Gasteiger partial charge in [-0.15, -0.1) is 0 Å². The van der Waals surface area contributed by atoms with Crippen LogP contribution in [0.15, 0.2) is 36.7 Å². The zero-order chi connectivity index (χ0) is 20.4. The quantitative estimate of drug-likeness (QED) is 0.690. The van der Waals surface area contributed by atoms with Gasteiger partial charge in [0.1, 0.15) is 11.6 Å². The van der Waals surface area contributed by atoms with Gasteiger partial charge in [-0.05, 0) is 50.4 Å². The number of pyridine rings is 1. The van der Waals surface area contributed by atoms with Crippen LogP contribution in [-0.2, 0) is 11.8 Å². The topological polar surface area (TPSA) is 63.1 Å². The summed E-state index contributed by atoms with van der Waals surface area (Å²) in [5.74, 6) is 1.72. The molecule has 6 heteroatoms. The van der Waals surface area contributed by atoms with Gasteiger partial charge >= 0.3 is 0 Å². The molecule has 0 radical (unpaired) electrons. The molecule has 1 aliphatic rings. The highest BCUT2D eigenvalue weighted by Gasteiger charge is 2.28. The van der Waals surface area contributed by atoms with Crippen LogP contribution in [0.3, 0.4) is 0 Å². The number of likely N-dealkylation sites (tertiary alicyclic amines) is 1. The summed E-state index contributed by atoms with van der Waals surface area (Å²) in [5.41, 5.74) is 2.18. The molecule has 0 aliphatic carbocycles. The second kappa shape index (κ2) is 8.33. The Bertz CT molecular complexity index is 1030. The smallest absolute Gasteiger partial charge is 0.229 e. The van der Waals surface area contributed by atoms with Gasteiger partial charge < -0.3 is 14.8 Å². The number of benzene rings is 1. The first-order chi connectivity index (χ1) is 14.0. The van der Waals surface area contributed by atoms with Crippen molar-refractivity contribution in [3.63, 3.8) is 0 Å². The van der Waals surface area contributed by atoms with Crippen molar-refractivity contribution in [1.29, 1.82) is 0 Å². The van der Waals surface area contributed by atoms with E-state index in [0.29, 0.717) is 5.82 Å². The van der Waals surface area contributed by atoms with E-state index in [2.05, 4.69) is 49.9 Å². The van der Waals surface area contributed by atoms with Crippen LogP contribution < -0.4 is 5.32 Å². The van der Waals surface area contributed by atoms with E-state index >= 15 is 0 Å². The van der Waals surface area contributed by atoms with Gasteiger partial charge in [0.2, 0.25) is 5.91 Å². The molecule has 0 saturated carbocycles. The van der Waals surface area contributed by atoms with Gasteiger partial charge in [0.15, 0.2) is 0 Å². The highest BCUT2D eigenvalue weighted by atomic mass is 16.2. The first-order valence-corrected chi connectivity index (χ1v) is 10.5. The van der Waals surface area contributed by atoms with Crippen molar-refractivity contribution in [3.8, 4) is 11.3 Å². The maximum Gasteiger partial charge on any atom is 0.229 e. The van der Waals surface area contributed by atoms with Gasteiger partial charge in [0.05, 0.1) is 17.8 Å². The number of hydrogen-bond acceptors (Lipinski definition) is 4. The lowest BCUT2D eigenvalue weighted by atomic mass is 10.1. The Hall–Kier alpha value is -2.73. The Morgan fingerprint density at radius 3 is 2.83 bits per heavy atom. The van der Waals surface area contributed by atoms with Crippen molar-refractivity contribution in [3.05, 3.63) is 42.5 Å². The number of nitrogens with zero attached hydrogens (tertiary/aromatic N) is 4. The SMILES string of the molecule is CCCCN1CCC(C(=O)Nc2cc3cc(-c4cnc(C)n4C)ccc3cn2)C1. The summed E-state index contributed by atoms with van der Waals surface area (Å²) >= 11 is 0. The average molecular weight is 392 g/mol. The maximum absolute atomic E-state index is 12.7. The summed E-state index contributed by atoms with van der Waals surface area (Å²) < 4.78 is 2.08. The standard InChI is InChI=1S/C23H29N5O/c1-4-5-9-28-10-8-19(15-28)23(29)26-22-12-20-11-17(6-7-18(20)13-25-22)21-14-24-16(2)27(21)3/h6-7,11-14,19H,4-5,8-10,15H2,1-3H3,(H,25,26,29). The van der Waals surface area contributed by atoms with E-state index in [1.807, 2.05) is 32.4 Å². The molecule has 3 heterocycles. The fourth-order valence-electron chi connectivity index (χ4n) is 4.00. The molecule has 1 N–H and O–H groups in total. The molecular formula is C23H29N5O. The average Bonchev–Trinajstić information content (AvgIpc) is 3.33. The Balaban J connectivity index is 1.50. The van der Waals surface area contributed by atoms with Crippen molar-refractivity contribution in [1.82, 2.24) is 19.4 Å². The summed E-state index contributed by atoms with van der Waals surface area (Å²) in [4.78, 5) is 23.9. The molecule has 1 unspecified atom stereocenters. The minimum absolute atomic E-state index is 0.0492. The number of unbranched alkanes of at least 4 members (excludes halogenated alkanes) is 1. The van der Waals surface area contributed by atoms with Gasteiger partial charge in [-0.1, -0.05) is 25.5 Å². The Labute approximate surface area is 172 Å². The molecular weight excluding hydrogens is 362 g/mol. The van der Waals surface area contributed by atoms with Gasteiger partial charge in [0.25, 0.3) is 0 Å².